The van der Waals surface area contributed by atoms with Crippen LogP contribution in [0.5, 0.6) is 0 Å². The Kier molecular flexibility index (Phi) is 8.69. The zero-order chi connectivity index (χ0) is 31.7. The third-order valence-electron chi connectivity index (χ3n) is 8.64. The Balaban J connectivity index is 0.000000237. The van der Waals surface area contributed by atoms with Crippen LogP contribution in [-0.2, 0) is 20.1 Å². The van der Waals surface area contributed by atoms with Crippen molar-refractivity contribution in [2.45, 2.75) is 13.8 Å². The Morgan fingerprint density at radius 3 is 2.23 bits per heavy atom. The average molecular weight is 795 g/mol. The predicted molar refractivity (Wildman–Crippen MR) is 194 cm³/mol. The summed E-state index contributed by atoms with van der Waals surface area (Å²) in [7, 11) is 0. The van der Waals surface area contributed by atoms with Crippen LogP contribution in [0.4, 0.5) is 0 Å². The molecule has 0 fully saturated rings. The number of pyridine rings is 2. The van der Waals surface area contributed by atoms with Crippen LogP contribution in [0, 0.1) is 26.0 Å². The molecule has 233 valence electrons. The molecular weight excluding hydrogens is 765 g/mol. The van der Waals surface area contributed by atoms with Crippen LogP contribution in [0.1, 0.15) is 11.1 Å². The zero-order valence-electron chi connectivity index (χ0n) is 26.5. The van der Waals surface area contributed by atoms with Gasteiger partial charge in [-0.1, -0.05) is 101 Å². The molecule has 48 heavy (non-hydrogen) atoms. The van der Waals surface area contributed by atoms with Gasteiger partial charge in [0, 0.05) is 43.3 Å². The van der Waals surface area contributed by atoms with E-state index in [2.05, 4.69) is 116 Å². The van der Waals surface area contributed by atoms with Crippen molar-refractivity contribution >= 4 is 43.5 Å². The van der Waals surface area contributed by atoms with Gasteiger partial charge in [0.15, 0.2) is 0 Å². The number of hydrogen-bond acceptors (Lipinski definition) is 3. The van der Waals surface area contributed by atoms with Crippen LogP contribution in [0.15, 0.2) is 150 Å². The van der Waals surface area contributed by atoms with E-state index >= 15 is 0 Å². The van der Waals surface area contributed by atoms with E-state index in [0.29, 0.717) is 0 Å². The van der Waals surface area contributed by atoms with E-state index in [1.807, 2.05) is 54.7 Å². The van der Waals surface area contributed by atoms with Gasteiger partial charge in [0.2, 0.25) is 0 Å². The molecule has 0 aliphatic rings. The van der Waals surface area contributed by atoms with Gasteiger partial charge in [-0.2, -0.15) is 0 Å². The molecule has 0 N–H and O–H groups in total. The second-order valence-corrected chi connectivity index (χ2v) is 11.8. The molecule has 0 unspecified atom stereocenters. The number of benzene rings is 6. The topological polar surface area (TPSA) is 38.9 Å². The minimum atomic E-state index is 0. The fourth-order valence-electron chi connectivity index (χ4n) is 6.24. The van der Waals surface area contributed by atoms with Gasteiger partial charge in [-0.05, 0) is 70.2 Å². The zero-order valence-corrected chi connectivity index (χ0v) is 28.9. The molecule has 9 rings (SSSR count). The maximum absolute atomic E-state index is 6.53. The van der Waals surface area contributed by atoms with Crippen molar-refractivity contribution < 1.29 is 24.5 Å². The molecule has 0 aliphatic carbocycles. The van der Waals surface area contributed by atoms with Gasteiger partial charge in [0.05, 0.1) is 5.58 Å². The Hall–Kier alpha value is -5.41. The summed E-state index contributed by atoms with van der Waals surface area (Å²) in [6.45, 7) is 4.25. The van der Waals surface area contributed by atoms with Crippen molar-refractivity contribution in [3.05, 3.63) is 169 Å². The van der Waals surface area contributed by atoms with Crippen LogP contribution in [-0.4, -0.2) is 9.97 Å². The van der Waals surface area contributed by atoms with Crippen molar-refractivity contribution in [1.29, 1.82) is 0 Å². The SMILES string of the molecule is Cc1ccc2ccc(-c3cc(-c4[c-]ccc5c4oc4c6ccccc6ccc54)ncc3C)cc2c1.[Ir].[c-]1ccccc1-c1ccccn1. The molecule has 0 spiro atoms. The first-order valence-electron chi connectivity index (χ1n) is 15.7. The van der Waals surface area contributed by atoms with Gasteiger partial charge in [-0.25, -0.2) is 0 Å². The maximum atomic E-state index is 6.53. The fourth-order valence-corrected chi connectivity index (χ4v) is 6.24. The van der Waals surface area contributed by atoms with Gasteiger partial charge in [-0.15, -0.1) is 54.1 Å². The van der Waals surface area contributed by atoms with E-state index in [-0.39, 0.29) is 20.1 Å². The number of furan rings is 1. The summed E-state index contributed by atoms with van der Waals surface area (Å²) < 4.78 is 6.53. The molecule has 6 aromatic carbocycles. The quantitative estimate of drug-likeness (QED) is 0.167. The Bertz CT molecular complexity index is 2500. The first-order chi connectivity index (χ1) is 23.1. The number of fused-ring (bicyclic) bond motifs is 6. The number of rotatable bonds is 3. The average Bonchev–Trinajstić information content (AvgIpc) is 3.52. The molecule has 0 bridgehead atoms. The van der Waals surface area contributed by atoms with Gasteiger partial charge < -0.3 is 14.4 Å². The summed E-state index contributed by atoms with van der Waals surface area (Å²) in [6, 6.07) is 52.4. The molecule has 9 aromatic rings. The van der Waals surface area contributed by atoms with Gasteiger partial charge >= 0.3 is 0 Å². The molecular formula is C44H30IrN2O-2. The van der Waals surface area contributed by atoms with Crippen molar-refractivity contribution in [3.63, 3.8) is 0 Å². The van der Waals surface area contributed by atoms with Crippen LogP contribution >= 0.6 is 0 Å². The van der Waals surface area contributed by atoms with Crippen molar-refractivity contribution in [2.24, 2.45) is 0 Å². The van der Waals surface area contributed by atoms with E-state index < -0.39 is 0 Å². The minimum Gasteiger partial charge on any atom is -0.500 e. The van der Waals surface area contributed by atoms with Crippen molar-refractivity contribution in [1.82, 2.24) is 9.97 Å². The summed E-state index contributed by atoms with van der Waals surface area (Å²) >= 11 is 0. The molecule has 3 heterocycles. The van der Waals surface area contributed by atoms with Gasteiger partial charge in [0.1, 0.15) is 5.58 Å². The van der Waals surface area contributed by atoms with Crippen molar-refractivity contribution in [3.8, 4) is 33.6 Å². The number of aromatic nitrogens is 2. The molecule has 3 nitrogen and oxygen atoms in total. The Morgan fingerprint density at radius 1 is 0.562 bits per heavy atom. The molecule has 3 aromatic heterocycles. The largest absolute Gasteiger partial charge is 0.500 e. The van der Waals surface area contributed by atoms with Gasteiger partial charge in [-0.3, -0.25) is 0 Å². The first kappa shape index (κ1) is 31.2. The van der Waals surface area contributed by atoms with Crippen LogP contribution in [0.2, 0.25) is 0 Å². The number of nitrogens with zero attached hydrogens (tertiary/aromatic N) is 2. The molecule has 4 heteroatoms. The van der Waals surface area contributed by atoms with E-state index in [0.717, 1.165) is 55.4 Å². The third kappa shape index (κ3) is 5.93. The van der Waals surface area contributed by atoms with Crippen LogP contribution in [0.3, 0.4) is 0 Å². The molecule has 0 aliphatic heterocycles. The predicted octanol–water partition coefficient (Wildman–Crippen LogP) is 11.6. The van der Waals surface area contributed by atoms with E-state index in [9.17, 15) is 0 Å². The molecule has 1 radical (unpaired) electrons. The molecule has 0 amide bonds. The Morgan fingerprint density at radius 2 is 1.38 bits per heavy atom. The van der Waals surface area contributed by atoms with E-state index in [4.69, 9.17) is 9.40 Å². The second-order valence-electron chi connectivity index (χ2n) is 11.8. The third-order valence-corrected chi connectivity index (χ3v) is 8.64. The fraction of sp³-hybridized carbons (Fsp3) is 0.0455. The second kappa shape index (κ2) is 13.4. The molecule has 0 saturated heterocycles. The van der Waals surface area contributed by atoms with E-state index in [1.165, 1.54) is 32.8 Å². The monoisotopic (exact) mass is 795 g/mol. The van der Waals surface area contributed by atoms with Gasteiger partial charge in [0.25, 0.3) is 0 Å². The molecule has 0 atom stereocenters. The van der Waals surface area contributed by atoms with Crippen molar-refractivity contribution in [2.75, 3.05) is 0 Å². The summed E-state index contributed by atoms with van der Waals surface area (Å²) in [5.41, 5.74) is 10.3. The Labute approximate surface area is 293 Å². The standard InChI is InChI=1S/C33H22NO.C11H8N.Ir/c1-20-10-11-22-12-13-24(17-25(22)16-20)30-18-31(34-19-21(30)2)29-9-5-8-27-28-15-14-23-6-3-4-7-26(23)32(28)35-33(27)29;1-2-6-10(7-3-1)11-8-4-5-9-12-11;/h3-8,10-19H,1-2H3;1-6,8-9H;/q2*-1;. The smallest absolute Gasteiger partial charge is 0.128 e. The van der Waals surface area contributed by atoms with E-state index in [1.54, 1.807) is 6.20 Å². The maximum Gasteiger partial charge on any atom is 0.128 e. The van der Waals surface area contributed by atoms with Crippen LogP contribution < -0.4 is 0 Å². The molecule has 0 saturated carbocycles. The van der Waals surface area contributed by atoms with Crippen LogP contribution in [0.25, 0.3) is 77.1 Å². The minimum absolute atomic E-state index is 0. The summed E-state index contributed by atoms with van der Waals surface area (Å²) in [5, 5.41) is 7.00. The summed E-state index contributed by atoms with van der Waals surface area (Å²) in [6.07, 6.45) is 3.74. The normalized spacial score (nSPS) is 11.0. The first-order valence-corrected chi connectivity index (χ1v) is 15.7. The summed E-state index contributed by atoms with van der Waals surface area (Å²) in [5.74, 6) is 0. The summed E-state index contributed by atoms with van der Waals surface area (Å²) in [4.78, 5) is 9.02. The number of aryl methyl sites for hydroxylation is 2. The number of hydrogen-bond donors (Lipinski definition) is 0.